The number of nitrogens with zero attached hydrogens (tertiary/aromatic N) is 1. The van der Waals surface area contributed by atoms with Gasteiger partial charge in [-0.3, -0.25) is 4.79 Å². The molecule has 98 valence electrons. The average molecular weight is 249 g/mol. The minimum Gasteiger partial charge on any atom is -0.336 e. The molecular formula is C15H20FNO. The third-order valence-electron chi connectivity index (χ3n) is 3.79. The standard InChI is InChI=1S/C15H20FNO/c1-3-17(13-6-4-5-7-13)15(18)12-9-8-11(2)14(16)10-12/h8-10,13H,3-7H2,1-2H3. The SMILES string of the molecule is CCN(C(=O)c1ccc(C)c(F)c1)C1CCCC1. The first kappa shape index (κ1) is 13.1. The highest BCUT2D eigenvalue weighted by atomic mass is 19.1. The van der Waals surface area contributed by atoms with E-state index in [1.807, 2.05) is 11.8 Å². The predicted molar refractivity (Wildman–Crippen MR) is 70.1 cm³/mol. The molecule has 0 N–H and O–H groups in total. The molecule has 1 amide bonds. The van der Waals surface area contributed by atoms with Crippen LogP contribution in [0.3, 0.4) is 0 Å². The van der Waals surface area contributed by atoms with Crippen molar-refractivity contribution >= 4 is 5.91 Å². The van der Waals surface area contributed by atoms with Crippen LogP contribution in [0.25, 0.3) is 0 Å². The van der Waals surface area contributed by atoms with Crippen molar-refractivity contribution in [1.29, 1.82) is 0 Å². The molecule has 1 aliphatic carbocycles. The number of carbonyl (C=O) groups is 1. The lowest BCUT2D eigenvalue weighted by Gasteiger charge is -2.27. The summed E-state index contributed by atoms with van der Waals surface area (Å²) in [5.41, 5.74) is 1.04. The zero-order valence-corrected chi connectivity index (χ0v) is 11.1. The normalized spacial score (nSPS) is 15.9. The van der Waals surface area contributed by atoms with Gasteiger partial charge < -0.3 is 4.90 Å². The molecule has 2 nitrogen and oxygen atoms in total. The van der Waals surface area contributed by atoms with Crippen molar-refractivity contribution in [3.05, 3.63) is 35.1 Å². The fourth-order valence-corrected chi connectivity index (χ4v) is 2.68. The van der Waals surface area contributed by atoms with Gasteiger partial charge in [-0.15, -0.1) is 0 Å². The van der Waals surface area contributed by atoms with Gasteiger partial charge in [0.2, 0.25) is 0 Å². The molecule has 1 aromatic rings. The third kappa shape index (κ3) is 2.55. The first-order valence-corrected chi connectivity index (χ1v) is 6.70. The molecule has 0 saturated heterocycles. The molecule has 2 rings (SSSR count). The fraction of sp³-hybridized carbons (Fsp3) is 0.533. The second-order valence-electron chi connectivity index (χ2n) is 4.99. The van der Waals surface area contributed by atoms with E-state index in [4.69, 9.17) is 0 Å². The van der Waals surface area contributed by atoms with Gasteiger partial charge in [0.05, 0.1) is 0 Å². The summed E-state index contributed by atoms with van der Waals surface area (Å²) in [6.07, 6.45) is 4.54. The van der Waals surface area contributed by atoms with Crippen LogP contribution in [0.4, 0.5) is 4.39 Å². The van der Waals surface area contributed by atoms with Crippen molar-refractivity contribution in [2.24, 2.45) is 0 Å². The molecular weight excluding hydrogens is 229 g/mol. The number of amides is 1. The quantitative estimate of drug-likeness (QED) is 0.802. The van der Waals surface area contributed by atoms with Gasteiger partial charge in [-0.2, -0.15) is 0 Å². The van der Waals surface area contributed by atoms with Gasteiger partial charge in [-0.1, -0.05) is 18.9 Å². The van der Waals surface area contributed by atoms with Crippen molar-refractivity contribution in [3.8, 4) is 0 Å². The van der Waals surface area contributed by atoms with E-state index in [0.29, 0.717) is 23.7 Å². The second-order valence-corrected chi connectivity index (χ2v) is 4.99. The van der Waals surface area contributed by atoms with E-state index in [-0.39, 0.29) is 11.7 Å². The Balaban J connectivity index is 2.19. The Hall–Kier alpha value is -1.38. The Morgan fingerprint density at radius 3 is 2.61 bits per heavy atom. The molecule has 0 radical (unpaired) electrons. The van der Waals surface area contributed by atoms with Gasteiger partial charge in [0, 0.05) is 18.2 Å². The third-order valence-corrected chi connectivity index (χ3v) is 3.79. The molecule has 0 atom stereocenters. The summed E-state index contributed by atoms with van der Waals surface area (Å²) in [4.78, 5) is 14.3. The summed E-state index contributed by atoms with van der Waals surface area (Å²) in [5, 5.41) is 0. The lowest BCUT2D eigenvalue weighted by Crippen LogP contribution is -2.38. The number of hydrogen-bond acceptors (Lipinski definition) is 1. The number of benzene rings is 1. The largest absolute Gasteiger partial charge is 0.336 e. The Morgan fingerprint density at radius 2 is 2.06 bits per heavy atom. The van der Waals surface area contributed by atoms with Crippen LogP contribution in [0.1, 0.15) is 48.5 Å². The van der Waals surface area contributed by atoms with E-state index in [1.165, 1.54) is 18.9 Å². The molecule has 0 aliphatic heterocycles. The highest BCUT2D eigenvalue weighted by molar-refractivity contribution is 5.94. The van der Waals surface area contributed by atoms with Crippen molar-refractivity contribution in [2.75, 3.05) is 6.54 Å². The summed E-state index contributed by atoms with van der Waals surface area (Å²) in [5.74, 6) is -0.341. The van der Waals surface area contributed by atoms with Gasteiger partial charge in [-0.05, 0) is 44.4 Å². The first-order valence-electron chi connectivity index (χ1n) is 6.70. The van der Waals surface area contributed by atoms with Gasteiger partial charge in [0.1, 0.15) is 5.82 Å². The van der Waals surface area contributed by atoms with Crippen LogP contribution in [0.5, 0.6) is 0 Å². The minimum atomic E-state index is -0.302. The van der Waals surface area contributed by atoms with Crippen LogP contribution < -0.4 is 0 Å². The first-order chi connectivity index (χ1) is 8.63. The molecule has 0 bridgehead atoms. The van der Waals surface area contributed by atoms with E-state index >= 15 is 0 Å². The van der Waals surface area contributed by atoms with Crippen LogP contribution in [0.2, 0.25) is 0 Å². The number of aryl methyl sites for hydroxylation is 1. The summed E-state index contributed by atoms with van der Waals surface area (Å²) in [6, 6.07) is 5.09. The van der Waals surface area contributed by atoms with Crippen LogP contribution in [-0.4, -0.2) is 23.4 Å². The Bertz CT molecular complexity index is 438. The monoisotopic (exact) mass is 249 g/mol. The predicted octanol–water partition coefficient (Wildman–Crippen LogP) is 3.54. The van der Waals surface area contributed by atoms with E-state index in [1.54, 1.807) is 19.1 Å². The zero-order valence-electron chi connectivity index (χ0n) is 11.1. The Kier molecular flexibility index (Phi) is 4.00. The summed E-state index contributed by atoms with van der Waals surface area (Å²) >= 11 is 0. The average Bonchev–Trinajstić information content (AvgIpc) is 2.87. The summed E-state index contributed by atoms with van der Waals surface area (Å²) in [6.45, 7) is 4.39. The van der Waals surface area contributed by atoms with Crippen LogP contribution in [0, 0.1) is 12.7 Å². The number of rotatable bonds is 3. The maximum Gasteiger partial charge on any atom is 0.254 e. The smallest absolute Gasteiger partial charge is 0.254 e. The molecule has 1 aliphatic rings. The molecule has 0 heterocycles. The maximum absolute atomic E-state index is 13.5. The van der Waals surface area contributed by atoms with E-state index in [9.17, 15) is 9.18 Å². The second kappa shape index (κ2) is 5.51. The molecule has 1 fully saturated rings. The highest BCUT2D eigenvalue weighted by Crippen LogP contribution is 2.25. The molecule has 0 spiro atoms. The minimum absolute atomic E-state index is 0.0386. The lowest BCUT2D eigenvalue weighted by molar-refractivity contribution is 0.0693. The molecule has 3 heteroatoms. The Labute approximate surface area is 108 Å². The van der Waals surface area contributed by atoms with Crippen LogP contribution in [0.15, 0.2) is 18.2 Å². The maximum atomic E-state index is 13.5. The topological polar surface area (TPSA) is 20.3 Å². The van der Waals surface area contributed by atoms with E-state index in [0.717, 1.165) is 12.8 Å². The highest BCUT2D eigenvalue weighted by Gasteiger charge is 2.26. The van der Waals surface area contributed by atoms with E-state index in [2.05, 4.69) is 0 Å². The number of carbonyl (C=O) groups excluding carboxylic acids is 1. The summed E-state index contributed by atoms with van der Waals surface area (Å²) < 4.78 is 13.5. The molecule has 1 saturated carbocycles. The molecule has 18 heavy (non-hydrogen) atoms. The molecule has 0 aromatic heterocycles. The number of halogens is 1. The van der Waals surface area contributed by atoms with Gasteiger partial charge in [0.15, 0.2) is 0 Å². The molecule has 1 aromatic carbocycles. The van der Waals surface area contributed by atoms with Crippen molar-refractivity contribution < 1.29 is 9.18 Å². The van der Waals surface area contributed by atoms with Crippen LogP contribution >= 0.6 is 0 Å². The van der Waals surface area contributed by atoms with Gasteiger partial charge >= 0.3 is 0 Å². The lowest BCUT2D eigenvalue weighted by atomic mass is 10.1. The van der Waals surface area contributed by atoms with Gasteiger partial charge in [0.25, 0.3) is 5.91 Å². The summed E-state index contributed by atoms with van der Waals surface area (Å²) in [7, 11) is 0. The van der Waals surface area contributed by atoms with Gasteiger partial charge in [-0.25, -0.2) is 4.39 Å². The van der Waals surface area contributed by atoms with Crippen molar-refractivity contribution in [3.63, 3.8) is 0 Å². The number of hydrogen-bond donors (Lipinski definition) is 0. The Morgan fingerprint density at radius 1 is 1.39 bits per heavy atom. The van der Waals surface area contributed by atoms with E-state index < -0.39 is 0 Å². The molecule has 0 unspecified atom stereocenters. The zero-order chi connectivity index (χ0) is 13.1. The van der Waals surface area contributed by atoms with Crippen LogP contribution in [-0.2, 0) is 0 Å². The van der Waals surface area contributed by atoms with Crippen molar-refractivity contribution in [2.45, 2.75) is 45.6 Å². The van der Waals surface area contributed by atoms with Crippen molar-refractivity contribution in [1.82, 2.24) is 4.90 Å². The fourth-order valence-electron chi connectivity index (χ4n) is 2.68.